The first-order valence-electron chi connectivity index (χ1n) is 4.58. The fourth-order valence-electron chi connectivity index (χ4n) is 1.45. The van der Waals surface area contributed by atoms with Gasteiger partial charge in [0, 0.05) is 6.04 Å². The lowest BCUT2D eigenvalue weighted by Gasteiger charge is -2.14. The van der Waals surface area contributed by atoms with E-state index < -0.39 is 0 Å². The maximum absolute atomic E-state index is 6.03. The zero-order valence-corrected chi connectivity index (χ0v) is 9.14. The summed E-state index contributed by atoms with van der Waals surface area (Å²) >= 11 is 4.19. The summed E-state index contributed by atoms with van der Waals surface area (Å²) in [4.78, 5) is 0. The molecule has 0 saturated carbocycles. The fourth-order valence-corrected chi connectivity index (χ4v) is 1.73. The van der Waals surface area contributed by atoms with Gasteiger partial charge in [-0.1, -0.05) is 23.8 Å². The molecule has 1 unspecified atom stereocenters. The fraction of sp³-hybridized carbons (Fsp3) is 0.455. The molecular weight excluding hydrogens is 178 g/mol. The topological polar surface area (TPSA) is 26.0 Å². The Labute approximate surface area is 85.8 Å². The van der Waals surface area contributed by atoms with E-state index in [-0.39, 0.29) is 6.04 Å². The third kappa shape index (κ3) is 2.75. The second kappa shape index (κ2) is 4.68. The molecule has 0 spiro atoms. The van der Waals surface area contributed by atoms with Crippen LogP contribution in [0, 0.1) is 13.8 Å². The van der Waals surface area contributed by atoms with E-state index in [4.69, 9.17) is 5.73 Å². The molecule has 1 nitrogen and oxygen atoms in total. The van der Waals surface area contributed by atoms with Crippen LogP contribution >= 0.6 is 12.6 Å². The molecule has 0 amide bonds. The number of rotatable bonds is 3. The summed E-state index contributed by atoms with van der Waals surface area (Å²) in [7, 11) is 0. The highest BCUT2D eigenvalue weighted by atomic mass is 32.1. The Morgan fingerprint density at radius 1 is 1.38 bits per heavy atom. The first kappa shape index (κ1) is 10.6. The first-order valence-corrected chi connectivity index (χ1v) is 5.22. The number of aryl methyl sites for hydroxylation is 2. The van der Waals surface area contributed by atoms with Crippen molar-refractivity contribution in [2.45, 2.75) is 26.3 Å². The van der Waals surface area contributed by atoms with Crippen LogP contribution in [-0.4, -0.2) is 5.75 Å². The van der Waals surface area contributed by atoms with Gasteiger partial charge in [-0.25, -0.2) is 0 Å². The summed E-state index contributed by atoms with van der Waals surface area (Å²) in [6.07, 6.45) is 0.938. The van der Waals surface area contributed by atoms with E-state index in [9.17, 15) is 0 Å². The van der Waals surface area contributed by atoms with Crippen molar-refractivity contribution >= 4 is 12.6 Å². The Morgan fingerprint density at radius 3 is 2.69 bits per heavy atom. The molecule has 0 bridgehead atoms. The molecule has 0 saturated heterocycles. The van der Waals surface area contributed by atoms with Gasteiger partial charge in [0.1, 0.15) is 0 Å². The van der Waals surface area contributed by atoms with Gasteiger partial charge in [-0.3, -0.25) is 0 Å². The van der Waals surface area contributed by atoms with Crippen LogP contribution in [-0.2, 0) is 0 Å². The van der Waals surface area contributed by atoms with E-state index in [0.29, 0.717) is 0 Å². The third-order valence-corrected chi connectivity index (χ3v) is 2.53. The number of hydrogen-bond acceptors (Lipinski definition) is 2. The summed E-state index contributed by atoms with van der Waals surface area (Å²) < 4.78 is 0. The standard InChI is InChI=1S/C11H17NS/c1-8-3-4-9(2)10(7-8)11(12)5-6-13/h3-4,7,11,13H,5-6,12H2,1-2H3. The highest BCUT2D eigenvalue weighted by Gasteiger charge is 2.07. The normalized spacial score (nSPS) is 12.9. The van der Waals surface area contributed by atoms with Crippen LogP contribution in [0.15, 0.2) is 18.2 Å². The van der Waals surface area contributed by atoms with Crippen molar-refractivity contribution in [3.63, 3.8) is 0 Å². The van der Waals surface area contributed by atoms with Gasteiger partial charge in [0.25, 0.3) is 0 Å². The Kier molecular flexibility index (Phi) is 3.82. The van der Waals surface area contributed by atoms with Gasteiger partial charge in [0.05, 0.1) is 0 Å². The van der Waals surface area contributed by atoms with Gasteiger partial charge in [-0.2, -0.15) is 12.6 Å². The second-order valence-electron chi connectivity index (χ2n) is 3.48. The van der Waals surface area contributed by atoms with Crippen LogP contribution in [0.25, 0.3) is 0 Å². The van der Waals surface area contributed by atoms with E-state index in [1.807, 2.05) is 0 Å². The Balaban J connectivity index is 2.91. The molecule has 0 heterocycles. The van der Waals surface area contributed by atoms with Gasteiger partial charge in [-0.15, -0.1) is 0 Å². The number of benzene rings is 1. The number of hydrogen-bond donors (Lipinski definition) is 2. The quantitative estimate of drug-likeness (QED) is 0.712. The summed E-state index contributed by atoms with van der Waals surface area (Å²) in [5, 5.41) is 0. The van der Waals surface area contributed by atoms with E-state index in [1.54, 1.807) is 0 Å². The Hall–Kier alpha value is -0.470. The Bertz CT molecular complexity index is 283. The summed E-state index contributed by atoms with van der Waals surface area (Å²) in [6.45, 7) is 4.20. The van der Waals surface area contributed by atoms with Gasteiger partial charge in [0.2, 0.25) is 0 Å². The van der Waals surface area contributed by atoms with Crippen molar-refractivity contribution in [3.05, 3.63) is 34.9 Å². The molecule has 13 heavy (non-hydrogen) atoms. The molecular formula is C11H17NS. The number of nitrogens with two attached hydrogens (primary N) is 1. The van der Waals surface area contributed by atoms with E-state index in [0.717, 1.165) is 12.2 Å². The van der Waals surface area contributed by atoms with Crippen LogP contribution in [0.2, 0.25) is 0 Å². The zero-order chi connectivity index (χ0) is 9.84. The number of thiol groups is 1. The van der Waals surface area contributed by atoms with Crippen molar-refractivity contribution in [3.8, 4) is 0 Å². The molecule has 2 heteroatoms. The predicted octanol–water partition coefficient (Wildman–Crippen LogP) is 2.62. The summed E-state index contributed by atoms with van der Waals surface area (Å²) in [6, 6.07) is 6.55. The van der Waals surface area contributed by atoms with E-state index in [2.05, 4.69) is 44.7 Å². The highest BCUT2D eigenvalue weighted by Crippen LogP contribution is 2.19. The molecule has 1 atom stereocenters. The van der Waals surface area contributed by atoms with Crippen molar-refractivity contribution in [2.75, 3.05) is 5.75 Å². The van der Waals surface area contributed by atoms with Gasteiger partial charge in [-0.05, 0) is 37.1 Å². The van der Waals surface area contributed by atoms with Crippen molar-refractivity contribution < 1.29 is 0 Å². The molecule has 0 fully saturated rings. The molecule has 0 aromatic heterocycles. The maximum Gasteiger partial charge on any atom is 0.0305 e. The first-order chi connectivity index (χ1) is 6.15. The molecule has 0 radical (unpaired) electrons. The molecule has 0 aliphatic heterocycles. The average Bonchev–Trinajstić information content (AvgIpc) is 2.09. The molecule has 1 aromatic carbocycles. The predicted molar refractivity (Wildman–Crippen MR) is 61.3 cm³/mol. The lowest BCUT2D eigenvalue weighted by atomic mass is 9.98. The molecule has 72 valence electrons. The van der Waals surface area contributed by atoms with Crippen LogP contribution < -0.4 is 5.73 Å². The monoisotopic (exact) mass is 195 g/mol. The lowest BCUT2D eigenvalue weighted by Crippen LogP contribution is -2.12. The van der Waals surface area contributed by atoms with Crippen LogP contribution in [0.5, 0.6) is 0 Å². The molecule has 2 N–H and O–H groups in total. The molecule has 0 aliphatic carbocycles. The summed E-state index contributed by atoms with van der Waals surface area (Å²) in [5.74, 6) is 0.842. The van der Waals surface area contributed by atoms with E-state index >= 15 is 0 Å². The minimum absolute atomic E-state index is 0.136. The molecule has 1 aromatic rings. The largest absolute Gasteiger partial charge is 0.324 e. The third-order valence-electron chi connectivity index (χ3n) is 2.27. The van der Waals surface area contributed by atoms with Crippen LogP contribution in [0.3, 0.4) is 0 Å². The van der Waals surface area contributed by atoms with Crippen molar-refractivity contribution in [1.82, 2.24) is 0 Å². The van der Waals surface area contributed by atoms with Crippen molar-refractivity contribution in [1.29, 1.82) is 0 Å². The lowest BCUT2D eigenvalue weighted by molar-refractivity contribution is 0.701. The van der Waals surface area contributed by atoms with Gasteiger partial charge in [0.15, 0.2) is 0 Å². The average molecular weight is 195 g/mol. The Morgan fingerprint density at radius 2 is 2.08 bits per heavy atom. The van der Waals surface area contributed by atoms with Crippen LogP contribution in [0.1, 0.15) is 29.2 Å². The van der Waals surface area contributed by atoms with Crippen LogP contribution in [0.4, 0.5) is 0 Å². The SMILES string of the molecule is Cc1ccc(C)c(C(N)CCS)c1. The zero-order valence-electron chi connectivity index (χ0n) is 8.25. The minimum Gasteiger partial charge on any atom is -0.324 e. The maximum atomic E-state index is 6.03. The van der Waals surface area contributed by atoms with Crippen molar-refractivity contribution in [2.24, 2.45) is 5.73 Å². The highest BCUT2D eigenvalue weighted by molar-refractivity contribution is 7.80. The molecule has 0 aliphatic rings. The summed E-state index contributed by atoms with van der Waals surface area (Å²) in [5.41, 5.74) is 9.84. The second-order valence-corrected chi connectivity index (χ2v) is 3.93. The van der Waals surface area contributed by atoms with Gasteiger partial charge < -0.3 is 5.73 Å². The van der Waals surface area contributed by atoms with Gasteiger partial charge >= 0.3 is 0 Å². The van der Waals surface area contributed by atoms with E-state index in [1.165, 1.54) is 16.7 Å². The minimum atomic E-state index is 0.136. The molecule has 1 rings (SSSR count). The smallest absolute Gasteiger partial charge is 0.0305 e.